The van der Waals surface area contributed by atoms with Gasteiger partial charge in [-0.1, -0.05) is 50.0 Å². The van der Waals surface area contributed by atoms with Gasteiger partial charge < -0.3 is 14.9 Å². The minimum Gasteiger partial charge on any atom is -0.493 e. The zero-order chi connectivity index (χ0) is 26.2. The molecule has 0 heterocycles. The fourth-order valence-corrected chi connectivity index (χ4v) is 5.45. The van der Waals surface area contributed by atoms with Crippen LogP contribution in [0.3, 0.4) is 0 Å². The van der Waals surface area contributed by atoms with Crippen molar-refractivity contribution in [1.82, 2.24) is 0 Å². The Morgan fingerprint density at radius 3 is 2.19 bits per heavy atom. The van der Waals surface area contributed by atoms with Gasteiger partial charge in [-0.05, 0) is 106 Å². The topological polar surface area (TPSA) is 66.8 Å². The molecule has 194 valence electrons. The predicted molar refractivity (Wildman–Crippen MR) is 146 cm³/mol. The number of ether oxygens (including phenoxy) is 1. The fourth-order valence-electron chi connectivity index (χ4n) is 5.45. The Bertz CT molecular complexity index is 1090. The highest BCUT2D eigenvalue weighted by Gasteiger charge is 2.32. The molecule has 1 aliphatic carbocycles. The first-order valence-corrected chi connectivity index (χ1v) is 13.6. The second-order valence-corrected chi connectivity index (χ2v) is 10.3. The highest BCUT2D eigenvalue weighted by molar-refractivity contribution is 5.66. The van der Waals surface area contributed by atoms with E-state index in [9.17, 15) is 9.90 Å². The van der Waals surface area contributed by atoms with Crippen molar-refractivity contribution in [2.24, 2.45) is 0 Å². The van der Waals surface area contributed by atoms with Gasteiger partial charge in [-0.25, -0.2) is 0 Å². The lowest BCUT2D eigenvalue weighted by Gasteiger charge is -2.34. The van der Waals surface area contributed by atoms with E-state index in [4.69, 9.17) is 9.84 Å². The van der Waals surface area contributed by atoms with Crippen LogP contribution in [0.5, 0.6) is 5.75 Å². The molecule has 0 aromatic heterocycles. The van der Waals surface area contributed by atoms with Crippen LogP contribution in [0, 0.1) is 25.7 Å². The molecule has 0 amide bonds. The molecule has 4 nitrogen and oxygen atoms in total. The minimum atomic E-state index is -0.818. The Morgan fingerprint density at radius 1 is 0.972 bits per heavy atom. The van der Waals surface area contributed by atoms with Crippen LogP contribution in [0.15, 0.2) is 36.4 Å². The van der Waals surface area contributed by atoms with E-state index in [0.717, 1.165) is 73.8 Å². The third-order valence-electron chi connectivity index (χ3n) is 7.87. The average molecular weight is 491 g/mol. The number of aryl methyl sites for hydroxylation is 2. The van der Waals surface area contributed by atoms with E-state index in [1.54, 1.807) is 0 Å². The molecule has 0 radical (unpaired) electrons. The van der Waals surface area contributed by atoms with E-state index >= 15 is 0 Å². The van der Waals surface area contributed by atoms with E-state index in [1.165, 1.54) is 11.1 Å². The summed E-state index contributed by atoms with van der Waals surface area (Å²) < 4.78 is 6.01. The highest BCUT2D eigenvalue weighted by Crippen LogP contribution is 2.41. The maximum absolute atomic E-state index is 10.6. The molecule has 0 bridgehead atoms. The summed E-state index contributed by atoms with van der Waals surface area (Å²) in [5, 5.41) is 19.4. The number of carboxylic acid groups (broad SMARTS) is 1. The van der Waals surface area contributed by atoms with E-state index in [2.05, 4.69) is 75.9 Å². The number of carboxylic acids is 1. The quantitative estimate of drug-likeness (QED) is 0.261. The maximum Gasteiger partial charge on any atom is 0.303 e. The van der Waals surface area contributed by atoms with Crippen molar-refractivity contribution >= 4 is 5.97 Å². The Kier molecular flexibility index (Phi) is 9.63. The van der Waals surface area contributed by atoms with E-state index in [-0.39, 0.29) is 11.8 Å². The smallest absolute Gasteiger partial charge is 0.303 e. The Balaban J connectivity index is 1.76. The predicted octanol–water partition coefficient (Wildman–Crippen LogP) is 7.09. The first-order valence-electron chi connectivity index (χ1n) is 13.6. The second kappa shape index (κ2) is 12.5. The maximum atomic E-state index is 10.6. The fraction of sp³-hybridized carbons (Fsp3) is 0.531. The lowest BCUT2D eigenvalue weighted by Crippen LogP contribution is -2.26. The standard InChI is InChI=1S/C32H42O4/c1-5-32(6-2,27-14-13-26(24(3)22-27)17-20-31(35)18-9-10-19-31)28-15-16-29(25(4)23-28)36-21-11-7-8-12-30(33)34/h13-16,22-23,35H,5-12,18-19,21H2,1-4H3,(H,33,34). The van der Waals surface area contributed by atoms with Gasteiger partial charge in [0.1, 0.15) is 11.4 Å². The van der Waals surface area contributed by atoms with Gasteiger partial charge in [0.2, 0.25) is 0 Å². The summed E-state index contributed by atoms with van der Waals surface area (Å²) in [6, 6.07) is 13.1. The number of rotatable bonds is 11. The number of carbonyl (C=O) groups is 1. The van der Waals surface area contributed by atoms with Gasteiger partial charge in [-0.3, -0.25) is 4.79 Å². The molecular weight excluding hydrogens is 448 g/mol. The summed E-state index contributed by atoms with van der Waals surface area (Å²) in [6.07, 6.45) is 8.24. The molecule has 4 heteroatoms. The summed E-state index contributed by atoms with van der Waals surface area (Å²) >= 11 is 0. The van der Waals surface area contributed by atoms with Gasteiger partial charge in [0.05, 0.1) is 6.61 Å². The first kappa shape index (κ1) is 27.8. The van der Waals surface area contributed by atoms with Crippen molar-refractivity contribution in [3.63, 3.8) is 0 Å². The molecule has 0 aliphatic heterocycles. The van der Waals surface area contributed by atoms with Crippen LogP contribution in [0.25, 0.3) is 0 Å². The highest BCUT2D eigenvalue weighted by atomic mass is 16.5. The van der Waals surface area contributed by atoms with Crippen molar-refractivity contribution in [3.8, 4) is 17.6 Å². The van der Waals surface area contributed by atoms with Crippen molar-refractivity contribution < 1.29 is 19.7 Å². The third kappa shape index (κ3) is 6.71. The minimum absolute atomic E-state index is 0.0967. The molecule has 2 N–H and O–H groups in total. The van der Waals surface area contributed by atoms with Crippen LogP contribution < -0.4 is 4.74 Å². The van der Waals surface area contributed by atoms with Gasteiger partial charge in [-0.2, -0.15) is 0 Å². The number of aliphatic hydroxyl groups is 1. The molecule has 1 fully saturated rings. The van der Waals surface area contributed by atoms with E-state index < -0.39 is 11.6 Å². The largest absolute Gasteiger partial charge is 0.493 e. The van der Waals surface area contributed by atoms with Crippen LogP contribution in [-0.2, 0) is 10.2 Å². The summed E-state index contributed by atoms with van der Waals surface area (Å²) in [5.74, 6) is 6.56. The van der Waals surface area contributed by atoms with Crippen LogP contribution in [0.1, 0.15) is 106 Å². The van der Waals surface area contributed by atoms with Crippen LogP contribution in [0.2, 0.25) is 0 Å². The average Bonchev–Trinajstić information content (AvgIpc) is 3.29. The van der Waals surface area contributed by atoms with Crippen molar-refractivity contribution in [2.75, 3.05) is 6.61 Å². The van der Waals surface area contributed by atoms with Crippen molar-refractivity contribution in [2.45, 2.75) is 103 Å². The van der Waals surface area contributed by atoms with Crippen LogP contribution >= 0.6 is 0 Å². The molecule has 0 saturated heterocycles. The molecule has 0 unspecified atom stereocenters. The molecular formula is C32H42O4. The first-order chi connectivity index (χ1) is 17.2. The molecule has 0 spiro atoms. The second-order valence-electron chi connectivity index (χ2n) is 10.3. The number of hydrogen-bond donors (Lipinski definition) is 2. The lowest BCUT2D eigenvalue weighted by molar-refractivity contribution is -0.137. The van der Waals surface area contributed by atoms with E-state index in [1.807, 2.05) is 0 Å². The van der Waals surface area contributed by atoms with Crippen LogP contribution in [-0.4, -0.2) is 28.4 Å². The Labute approximate surface area is 217 Å². The molecule has 1 aliphatic rings. The molecule has 2 aromatic rings. The molecule has 1 saturated carbocycles. The molecule has 3 rings (SSSR count). The van der Waals surface area contributed by atoms with Crippen molar-refractivity contribution in [1.29, 1.82) is 0 Å². The summed E-state index contributed by atoms with van der Waals surface area (Å²) in [7, 11) is 0. The summed E-state index contributed by atoms with van der Waals surface area (Å²) in [5.41, 5.74) is 4.92. The van der Waals surface area contributed by atoms with Gasteiger partial charge >= 0.3 is 5.97 Å². The zero-order valence-electron chi connectivity index (χ0n) is 22.5. The van der Waals surface area contributed by atoms with Gasteiger partial charge in [-0.15, -0.1) is 0 Å². The van der Waals surface area contributed by atoms with E-state index in [0.29, 0.717) is 13.0 Å². The monoisotopic (exact) mass is 490 g/mol. The summed E-state index contributed by atoms with van der Waals surface area (Å²) in [6.45, 7) is 9.30. The third-order valence-corrected chi connectivity index (χ3v) is 7.87. The SMILES string of the molecule is CCC(CC)(c1ccc(C#CC2(O)CCCC2)c(C)c1)c1ccc(OCCCCCC(=O)O)c(C)c1. The number of benzene rings is 2. The van der Waals surface area contributed by atoms with Gasteiger partial charge in [0, 0.05) is 17.4 Å². The molecule has 36 heavy (non-hydrogen) atoms. The van der Waals surface area contributed by atoms with Crippen molar-refractivity contribution in [3.05, 3.63) is 64.2 Å². The Morgan fingerprint density at radius 2 is 1.61 bits per heavy atom. The summed E-state index contributed by atoms with van der Waals surface area (Å²) in [4.78, 5) is 10.6. The number of hydrogen-bond acceptors (Lipinski definition) is 3. The molecule has 2 aromatic carbocycles. The van der Waals surface area contributed by atoms with Gasteiger partial charge in [0.25, 0.3) is 0 Å². The number of aliphatic carboxylic acids is 1. The van der Waals surface area contributed by atoms with Crippen LogP contribution in [0.4, 0.5) is 0 Å². The lowest BCUT2D eigenvalue weighted by atomic mass is 9.70. The normalized spacial score (nSPS) is 14.8. The zero-order valence-corrected chi connectivity index (χ0v) is 22.5. The number of unbranched alkanes of at least 4 members (excludes halogenated alkanes) is 2. The van der Waals surface area contributed by atoms with Gasteiger partial charge in [0.15, 0.2) is 0 Å². The molecule has 0 atom stereocenters. The Hall–Kier alpha value is -2.77.